The number of benzene rings is 1. The van der Waals surface area contributed by atoms with Gasteiger partial charge in [-0.2, -0.15) is 0 Å². The maximum absolute atomic E-state index is 12.3. The number of likely N-dealkylation sites (tertiary alicyclic amines) is 1. The second kappa shape index (κ2) is 9.56. The molecule has 0 aromatic heterocycles. The van der Waals surface area contributed by atoms with Crippen molar-refractivity contribution in [1.29, 1.82) is 0 Å². The Morgan fingerprint density at radius 3 is 2.71 bits per heavy atom. The Kier molecular flexibility index (Phi) is 7.26. The number of carbonyl (C=O) groups excluding carboxylic acids is 1. The fraction of sp³-hybridized carbons (Fsp3) is 0.636. The number of hydrogen-bond donors (Lipinski definition) is 2. The molecule has 2 fully saturated rings. The van der Waals surface area contributed by atoms with Gasteiger partial charge in [0.2, 0.25) is 5.91 Å². The molecule has 9 heteroatoms. The van der Waals surface area contributed by atoms with Gasteiger partial charge in [-0.25, -0.2) is 8.42 Å². The summed E-state index contributed by atoms with van der Waals surface area (Å²) < 4.78 is 23.8. The smallest absolute Gasteiger partial charge is 0.221 e. The summed E-state index contributed by atoms with van der Waals surface area (Å²) in [6, 6.07) is 8.38. The van der Waals surface area contributed by atoms with E-state index in [4.69, 9.17) is 5.73 Å². The zero-order valence-electron chi connectivity index (χ0n) is 18.8. The van der Waals surface area contributed by atoms with Crippen LogP contribution in [0.5, 0.6) is 0 Å². The number of nitrogens with zero attached hydrogens (tertiary/aromatic N) is 3. The minimum atomic E-state index is -3.09. The predicted octanol–water partition coefficient (Wildman–Crippen LogP) is 0.968. The average Bonchev–Trinajstić information content (AvgIpc) is 2.71. The van der Waals surface area contributed by atoms with Gasteiger partial charge in [0, 0.05) is 39.8 Å². The minimum Gasteiger partial charge on any atom is -0.369 e. The number of amides is 1. The van der Waals surface area contributed by atoms with Crippen LogP contribution >= 0.6 is 0 Å². The van der Waals surface area contributed by atoms with E-state index in [2.05, 4.69) is 33.4 Å². The summed E-state index contributed by atoms with van der Waals surface area (Å²) in [6.45, 7) is 7.51. The Labute approximate surface area is 185 Å². The van der Waals surface area contributed by atoms with Crippen LogP contribution in [-0.4, -0.2) is 73.8 Å². The molecular formula is C22H35N5O3S. The number of hydrogen-bond acceptors (Lipinski definition) is 5. The van der Waals surface area contributed by atoms with E-state index < -0.39 is 14.6 Å². The van der Waals surface area contributed by atoms with Gasteiger partial charge in [-0.1, -0.05) is 24.3 Å². The number of carbonyl (C=O) groups is 1. The maximum Gasteiger partial charge on any atom is 0.221 e. The molecule has 1 aromatic carbocycles. The van der Waals surface area contributed by atoms with Gasteiger partial charge >= 0.3 is 0 Å². The molecule has 1 aromatic rings. The van der Waals surface area contributed by atoms with Crippen LogP contribution in [0.15, 0.2) is 29.3 Å². The van der Waals surface area contributed by atoms with E-state index >= 15 is 0 Å². The number of nitrogens with two attached hydrogens (primary N) is 1. The lowest BCUT2D eigenvalue weighted by molar-refractivity contribution is -0.123. The lowest BCUT2D eigenvalue weighted by atomic mass is 9.97. The van der Waals surface area contributed by atoms with Gasteiger partial charge in [0.05, 0.1) is 16.4 Å². The van der Waals surface area contributed by atoms with Crippen molar-refractivity contribution in [3.05, 3.63) is 35.4 Å². The molecule has 172 valence electrons. The highest BCUT2D eigenvalue weighted by molar-refractivity contribution is 7.92. The number of piperidine rings is 1. The highest BCUT2D eigenvalue weighted by Crippen LogP contribution is 2.24. The molecule has 1 amide bonds. The van der Waals surface area contributed by atoms with Crippen LogP contribution in [0.25, 0.3) is 0 Å². The van der Waals surface area contributed by atoms with Crippen molar-refractivity contribution in [3.63, 3.8) is 0 Å². The van der Waals surface area contributed by atoms with E-state index in [0.29, 0.717) is 25.6 Å². The van der Waals surface area contributed by atoms with Gasteiger partial charge in [0.15, 0.2) is 15.8 Å². The van der Waals surface area contributed by atoms with E-state index in [1.54, 1.807) is 20.9 Å². The summed E-state index contributed by atoms with van der Waals surface area (Å²) in [6.07, 6.45) is 1.87. The molecule has 0 aliphatic carbocycles. The Morgan fingerprint density at radius 2 is 2.03 bits per heavy atom. The fourth-order valence-corrected chi connectivity index (χ4v) is 5.73. The monoisotopic (exact) mass is 449 g/mol. The molecule has 31 heavy (non-hydrogen) atoms. The summed E-state index contributed by atoms with van der Waals surface area (Å²) in [7, 11) is -1.37. The molecule has 3 rings (SSSR count). The maximum atomic E-state index is 12.3. The first-order chi connectivity index (χ1) is 14.6. The largest absolute Gasteiger partial charge is 0.369 e. The van der Waals surface area contributed by atoms with E-state index in [-0.39, 0.29) is 17.6 Å². The van der Waals surface area contributed by atoms with E-state index in [1.165, 1.54) is 5.56 Å². The molecule has 0 spiro atoms. The number of guanidine groups is 1. The molecule has 3 N–H and O–H groups in total. The Bertz CT molecular complexity index is 929. The number of aliphatic imine (C=N–C) groups is 1. The number of sulfone groups is 1. The third kappa shape index (κ3) is 5.77. The molecule has 2 aliphatic heterocycles. The van der Waals surface area contributed by atoms with Crippen molar-refractivity contribution in [3.8, 4) is 0 Å². The molecule has 8 nitrogen and oxygen atoms in total. The number of primary amides is 1. The Hall–Kier alpha value is -2.13. The second-order valence-corrected chi connectivity index (χ2v) is 11.9. The third-order valence-electron chi connectivity index (χ3n) is 6.31. The molecular weight excluding hydrogens is 414 g/mol. The molecule has 0 bridgehead atoms. The van der Waals surface area contributed by atoms with Crippen LogP contribution in [0.1, 0.15) is 37.8 Å². The number of rotatable bonds is 5. The fourth-order valence-electron chi connectivity index (χ4n) is 4.37. The first-order valence-corrected chi connectivity index (χ1v) is 12.5. The van der Waals surface area contributed by atoms with Gasteiger partial charge in [-0.05, 0) is 44.4 Å². The summed E-state index contributed by atoms with van der Waals surface area (Å²) in [4.78, 5) is 20.2. The molecule has 1 atom stereocenters. The molecule has 2 heterocycles. The van der Waals surface area contributed by atoms with Crippen molar-refractivity contribution in [1.82, 2.24) is 15.1 Å². The summed E-state index contributed by atoms with van der Waals surface area (Å²) in [5.41, 5.74) is 7.83. The quantitative estimate of drug-likeness (QED) is 0.512. The SMILES string of the molecule is CN=C(NCc1cccc(CN2CCCC(C(N)=O)C2)c1)N1CCS(=O)(=O)C(C)(C)C1. The lowest BCUT2D eigenvalue weighted by Crippen LogP contribution is -2.57. The molecule has 0 radical (unpaired) electrons. The van der Waals surface area contributed by atoms with Crippen LogP contribution in [-0.2, 0) is 27.7 Å². The normalized spacial score (nSPS) is 24.0. The van der Waals surface area contributed by atoms with Crippen LogP contribution in [0.3, 0.4) is 0 Å². The zero-order valence-corrected chi connectivity index (χ0v) is 19.6. The second-order valence-electron chi connectivity index (χ2n) is 9.20. The van der Waals surface area contributed by atoms with E-state index in [9.17, 15) is 13.2 Å². The highest BCUT2D eigenvalue weighted by atomic mass is 32.2. The molecule has 2 aliphatic rings. The third-order valence-corrected chi connectivity index (χ3v) is 8.84. The van der Waals surface area contributed by atoms with E-state index in [1.807, 2.05) is 11.0 Å². The van der Waals surface area contributed by atoms with Gasteiger partial charge in [0.25, 0.3) is 0 Å². The topological polar surface area (TPSA) is 108 Å². The van der Waals surface area contributed by atoms with Crippen LogP contribution < -0.4 is 11.1 Å². The van der Waals surface area contributed by atoms with Gasteiger partial charge < -0.3 is 16.0 Å². The Morgan fingerprint density at radius 1 is 1.29 bits per heavy atom. The number of nitrogens with one attached hydrogen (secondary N) is 1. The molecule has 0 saturated carbocycles. The van der Waals surface area contributed by atoms with Crippen molar-refractivity contribution >= 4 is 21.7 Å². The summed E-state index contributed by atoms with van der Waals surface area (Å²) in [5, 5.41) is 3.38. The highest BCUT2D eigenvalue weighted by Gasteiger charge is 2.40. The lowest BCUT2D eigenvalue weighted by Gasteiger charge is -2.39. The van der Waals surface area contributed by atoms with Gasteiger partial charge in [-0.3, -0.25) is 14.7 Å². The summed E-state index contributed by atoms with van der Waals surface area (Å²) in [5.74, 6) is 0.592. The van der Waals surface area contributed by atoms with Crippen LogP contribution in [0, 0.1) is 5.92 Å². The molecule has 1 unspecified atom stereocenters. The Balaban J connectivity index is 1.59. The summed E-state index contributed by atoms with van der Waals surface area (Å²) >= 11 is 0. The van der Waals surface area contributed by atoms with Crippen molar-refractivity contribution < 1.29 is 13.2 Å². The van der Waals surface area contributed by atoms with E-state index in [0.717, 1.165) is 38.0 Å². The average molecular weight is 450 g/mol. The van der Waals surface area contributed by atoms with Crippen molar-refractivity contribution in [2.24, 2.45) is 16.6 Å². The zero-order chi connectivity index (χ0) is 22.6. The first-order valence-electron chi connectivity index (χ1n) is 10.9. The van der Waals surface area contributed by atoms with Gasteiger partial charge in [-0.15, -0.1) is 0 Å². The van der Waals surface area contributed by atoms with Crippen LogP contribution in [0.2, 0.25) is 0 Å². The minimum absolute atomic E-state index is 0.0560. The van der Waals surface area contributed by atoms with Crippen molar-refractivity contribution in [2.45, 2.75) is 44.5 Å². The standard InChI is InChI=1S/C22H35N5O3S/c1-22(2)16-27(10-11-31(22,29)30)21(24-3)25-13-17-6-4-7-18(12-17)14-26-9-5-8-19(15-26)20(23)28/h4,6-7,12,19H,5,8-11,13-16H2,1-3H3,(H2,23,28)(H,24,25). The first kappa shape index (κ1) is 23.5. The predicted molar refractivity (Wildman–Crippen MR) is 123 cm³/mol. The van der Waals surface area contributed by atoms with Gasteiger partial charge in [0.1, 0.15) is 0 Å². The molecule has 2 saturated heterocycles. The van der Waals surface area contributed by atoms with Crippen LogP contribution in [0.4, 0.5) is 0 Å². The van der Waals surface area contributed by atoms with Crippen molar-refractivity contribution in [2.75, 3.05) is 39.0 Å².